The number of nitrogens with one attached hydrogen (secondary N) is 1. The first-order valence-electron chi connectivity index (χ1n) is 11.4. The number of aliphatic hydroxyl groups excluding tert-OH is 1. The number of carbonyl (C=O) groups excluding carboxylic acids is 1. The molecule has 1 amide bonds. The molecule has 0 aliphatic carbocycles. The molecule has 0 saturated heterocycles. The van der Waals surface area contributed by atoms with Gasteiger partial charge in [0, 0.05) is 23.9 Å². The van der Waals surface area contributed by atoms with E-state index >= 15 is 0 Å². The van der Waals surface area contributed by atoms with Crippen LogP contribution in [0.15, 0.2) is 90.7 Å². The first kappa shape index (κ1) is 24.0. The van der Waals surface area contributed by atoms with Crippen LogP contribution in [0.2, 0.25) is 5.02 Å². The van der Waals surface area contributed by atoms with Gasteiger partial charge >= 0.3 is 0 Å². The topological polar surface area (TPSA) is 67.8 Å². The van der Waals surface area contributed by atoms with E-state index in [4.69, 9.17) is 21.1 Å². The summed E-state index contributed by atoms with van der Waals surface area (Å²) >= 11 is 6.06. The van der Waals surface area contributed by atoms with E-state index in [1.807, 2.05) is 84.9 Å². The van der Waals surface area contributed by atoms with Gasteiger partial charge in [-0.3, -0.25) is 4.79 Å². The van der Waals surface area contributed by atoms with Crippen molar-refractivity contribution >= 4 is 17.5 Å². The van der Waals surface area contributed by atoms with Crippen molar-refractivity contribution in [2.45, 2.75) is 38.3 Å². The van der Waals surface area contributed by atoms with Crippen LogP contribution >= 0.6 is 11.6 Å². The highest BCUT2D eigenvalue weighted by atomic mass is 35.5. The minimum absolute atomic E-state index is 0.00316. The lowest BCUT2D eigenvalue weighted by atomic mass is 9.93. The molecule has 5 nitrogen and oxygen atoms in total. The van der Waals surface area contributed by atoms with Gasteiger partial charge in [0.15, 0.2) is 5.76 Å². The molecule has 34 heavy (non-hydrogen) atoms. The normalized spacial score (nSPS) is 17.5. The number of carbonyl (C=O) groups is 1. The molecule has 176 valence electrons. The van der Waals surface area contributed by atoms with E-state index in [1.54, 1.807) is 0 Å². The Morgan fingerprint density at radius 2 is 1.68 bits per heavy atom. The van der Waals surface area contributed by atoms with Crippen LogP contribution in [0, 0.1) is 0 Å². The zero-order valence-electron chi connectivity index (χ0n) is 18.8. The van der Waals surface area contributed by atoms with Crippen LogP contribution in [0.1, 0.15) is 34.6 Å². The summed E-state index contributed by atoms with van der Waals surface area (Å²) < 4.78 is 12.0. The number of halogens is 1. The average Bonchev–Trinajstić information content (AvgIpc) is 2.88. The fourth-order valence-corrected chi connectivity index (χ4v) is 3.97. The highest BCUT2D eigenvalue weighted by Gasteiger charge is 2.28. The van der Waals surface area contributed by atoms with Gasteiger partial charge in [-0.25, -0.2) is 0 Å². The Bertz CT molecular complexity index is 1100. The minimum atomic E-state index is -0.571. The number of hydrogen-bond acceptors (Lipinski definition) is 4. The Kier molecular flexibility index (Phi) is 8.36. The largest absolute Gasteiger partial charge is 0.459 e. The predicted molar refractivity (Wildman–Crippen MR) is 132 cm³/mol. The molecule has 0 saturated carbocycles. The summed E-state index contributed by atoms with van der Waals surface area (Å²) in [6.07, 6.45) is 2.61. The number of rotatable bonds is 9. The third-order valence-electron chi connectivity index (χ3n) is 5.76. The van der Waals surface area contributed by atoms with Crippen molar-refractivity contribution < 1.29 is 19.4 Å². The van der Waals surface area contributed by atoms with Crippen molar-refractivity contribution in [3.63, 3.8) is 0 Å². The summed E-state index contributed by atoms with van der Waals surface area (Å²) in [7, 11) is 0. The van der Waals surface area contributed by atoms with E-state index in [1.165, 1.54) is 0 Å². The Balaban J connectivity index is 1.42. The Labute approximate surface area is 205 Å². The van der Waals surface area contributed by atoms with Crippen LogP contribution in [0.25, 0.3) is 0 Å². The summed E-state index contributed by atoms with van der Waals surface area (Å²) in [4.78, 5) is 12.9. The molecule has 2 N–H and O–H groups in total. The zero-order valence-corrected chi connectivity index (χ0v) is 19.6. The second kappa shape index (κ2) is 11.8. The quantitative estimate of drug-likeness (QED) is 0.448. The third kappa shape index (κ3) is 6.70. The summed E-state index contributed by atoms with van der Waals surface area (Å²) in [6.45, 7) is 0.855. The molecule has 3 aromatic carbocycles. The van der Waals surface area contributed by atoms with E-state index in [0.29, 0.717) is 24.6 Å². The van der Waals surface area contributed by atoms with Crippen molar-refractivity contribution in [2.24, 2.45) is 0 Å². The zero-order chi connectivity index (χ0) is 23.8. The standard InChI is InChI=1S/C28H28ClNO4/c29-25-12-10-23(11-13-25)24-16-26(28(32)30-15-14-20-4-2-1-3-5-20)34-27(17-24)33-19-22-8-6-21(18-31)7-9-22/h1-13,16,24,27,31H,14-15,17-19H2,(H,30,32)/t24-,27+/m1/s1. The lowest BCUT2D eigenvalue weighted by Crippen LogP contribution is -2.33. The summed E-state index contributed by atoms with van der Waals surface area (Å²) in [5.74, 6) is -0.0296. The molecule has 3 aromatic rings. The summed E-state index contributed by atoms with van der Waals surface area (Å²) in [5.41, 5.74) is 4.02. The summed E-state index contributed by atoms with van der Waals surface area (Å²) in [6, 6.07) is 25.2. The molecule has 1 aliphatic rings. The summed E-state index contributed by atoms with van der Waals surface area (Å²) in [5, 5.41) is 12.8. The van der Waals surface area contributed by atoms with Crippen LogP contribution in [-0.4, -0.2) is 23.8 Å². The van der Waals surface area contributed by atoms with Crippen LogP contribution in [0.3, 0.4) is 0 Å². The molecule has 2 atom stereocenters. The Morgan fingerprint density at radius 3 is 2.38 bits per heavy atom. The first-order chi connectivity index (χ1) is 16.6. The van der Waals surface area contributed by atoms with E-state index in [9.17, 15) is 9.90 Å². The maximum atomic E-state index is 12.9. The molecular formula is C28H28ClNO4. The van der Waals surface area contributed by atoms with Gasteiger partial charge in [-0.2, -0.15) is 0 Å². The third-order valence-corrected chi connectivity index (χ3v) is 6.01. The number of ether oxygens (including phenoxy) is 2. The molecule has 0 bridgehead atoms. The smallest absolute Gasteiger partial charge is 0.286 e. The van der Waals surface area contributed by atoms with Gasteiger partial charge in [0.05, 0.1) is 13.2 Å². The number of aliphatic hydroxyl groups is 1. The lowest BCUT2D eigenvalue weighted by Gasteiger charge is -2.29. The van der Waals surface area contributed by atoms with E-state index < -0.39 is 6.29 Å². The van der Waals surface area contributed by atoms with Gasteiger partial charge in [-0.1, -0.05) is 78.3 Å². The number of benzene rings is 3. The second-order valence-electron chi connectivity index (χ2n) is 8.25. The molecule has 0 spiro atoms. The van der Waals surface area contributed by atoms with Crippen LogP contribution in [0.4, 0.5) is 0 Å². The van der Waals surface area contributed by atoms with Crippen LogP contribution < -0.4 is 5.32 Å². The van der Waals surface area contributed by atoms with Crippen molar-refractivity contribution in [3.05, 3.63) is 118 Å². The van der Waals surface area contributed by atoms with Crippen molar-refractivity contribution in [1.82, 2.24) is 5.32 Å². The lowest BCUT2D eigenvalue weighted by molar-refractivity contribution is -0.150. The van der Waals surface area contributed by atoms with Gasteiger partial charge in [0.1, 0.15) is 0 Å². The minimum Gasteiger partial charge on any atom is -0.459 e. The van der Waals surface area contributed by atoms with Crippen molar-refractivity contribution in [2.75, 3.05) is 6.54 Å². The van der Waals surface area contributed by atoms with Gasteiger partial charge < -0.3 is 19.9 Å². The predicted octanol–water partition coefficient (Wildman–Crippen LogP) is 5.12. The van der Waals surface area contributed by atoms with E-state index in [-0.39, 0.29) is 24.2 Å². The average molecular weight is 478 g/mol. The number of allylic oxidation sites excluding steroid dienone is 1. The van der Waals surface area contributed by atoms with Gasteiger partial charge in [0.2, 0.25) is 6.29 Å². The van der Waals surface area contributed by atoms with Crippen molar-refractivity contribution in [3.8, 4) is 0 Å². The van der Waals surface area contributed by atoms with Crippen LogP contribution in [0.5, 0.6) is 0 Å². The molecule has 0 unspecified atom stereocenters. The second-order valence-corrected chi connectivity index (χ2v) is 8.69. The molecule has 4 rings (SSSR count). The van der Waals surface area contributed by atoms with Gasteiger partial charge in [-0.15, -0.1) is 0 Å². The SMILES string of the molecule is O=C(NCCc1ccccc1)C1=C[C@@H](c2ccc(Cl)cc2)C[C@@H](OCc2ccc(CO)cc2)O1. The highest BCUT2D eigenvalue weighted by Crippen LogP contribution is 2.32. The molecular weight excluding hydrogens is 450 g/mol. The fourth-order valence-electron chi connectivity index (χ4n) is 3.84. The number of hydrogen-bond donors (Lipinski definition) is 2. The number of amides is 1. The van der Waals surface area contributed by atoms with Crippen molar-refractivity contribution in [1.29, 1.82) is 0 Å². The van der Waals surface area contributed by atoms with Crippen LogP contribution in [-0.2, 0) is 33.9 Å². The van der Waals surface area contributed by atoms with E-state index in [2.05, 4.69) is 5.32 Å². The van der Waals surface area contributed by atoms with Gasteiger partial charge in [-0.05, 0) is 46.9 Å². The van der Waals surface area contributed by atoms with Gasteiger partial charge in [0.25, 0.3) is 5.91 Å². The molecule has 0 radical (unpaired) electrons. The fraction of sp³-hybridized carbons (Fsp3) is 0.250. The molecule has 1 heterocycles. The maximum Gasteiger partial charge on any atom is 0.286 e. The maximum absolute atomic E-state index is 12.9. The van der Waals surface area contributed by atoms with E-state index in [0.717, 1.165) is 28.7 Å². The monoisotopic (exact) mass is 477 g/mol. The Hall–Kier alpha value is -3.12. The Morgan fingerprint density at radius 1 is 0.971 bits per heavy atom. The molecule has 6 heteroatoms. The first-order valence-corrected chi connectivity index (χ1v) is 11.7. The molecule has 0 aromatic heterocycles. The molecule has 1 aliphatic heterocycles. The molecule has 0 fully saturated rings. The highest BCUT2D eigenvalue weighted by molar-refractivity contribution is 6.30.